The average molecular weight is 356 g/mol. The van der Waals surface area contributed by atoms with E-state index >= 15 is 0 Å². The fourth-order valence-electron chi connectivity index (χ4n) is 2.42. The number of nitrogens with zero attached hydrogens (tertiary/aromatic N) is 3. The summed E-state index contributed by atoms with van der Waals surface area (Å²) in [6.45, 7) is -0.239. The first-order valence-corrected chi connectivity index (χ1v) is 7.78. The average Bonchev–Trinajstić information content (AvgIpc) is 3.10. The normalized spacial score (nSPS) is 10.6. The molecule has 2 heterocycles. The number of amides is 1. The van der Waals surface area contributed by atoms with Gasteiger partial charge in [0.2, 0.25) is 5.88 Å². The van der Waals surface area contributed by atoms with Crippen LogP contribution in [-0.2, 0) is 11.2 Å². The number of rotatable bonds is 7. The molecule has 1 amide bonds. The zero-order chi connectivity index (χ0) is 18.5. The number of carbonyl (C=O) groups is 2. The molecule has 0 unspecified atom stereocenters. The van der Waals surface area contributed by atoms with Crippen molar-refractivity contribution < 1.29 is 24.5 Å². The van der Waals surface area contributed by atoms with Gasteiger partial charge in [0.25, 0.3) is 5.91 Å². The molecule has 0 aliphatic heterocycles. The van der Waals surface area contributed by atoms with E-state index in [1.165, 1.54) is 16.9 Å². The number of carbonyl (C=O) groups excluding carboxylic acids is 1. The summed E-state index contributed by atoms with van der Waals surface area (Å²) < 4.78 is 6.95. The van der Waals surface area contributed by atoms with Crippen LogP contribution in [0.3, 0.4) is 0 Å². The molecule has 0 fully saturated rings. The summed E-state index contributed by atoms with van der Waals surface area (Å²) in [5.41, 5.74) is 0.998. The van der Waals surface area contributed by atoms with Crippen LogP contribution in [0.2, 0.25) is 0 Å². The van der Waals surface area contributed by atoms with Gasteiger partial charge in [0, 0.05) is 12.5 Å². The van der Waals surface area contributed by atoms with Crippen molar-refractivity contribution in [2.24, 2.45) is 0 Å². The third-order valence-electron chi connectivity index (χ3n) is 3.61. The van der Waals surface area contributed by atoms with Crippen LogP contribution < -0.4 is 10.1 Å². The Morgan fingerprint density at radius 1 is 1.23 bits per heavy atom. The molecule has 0 radical (unpaired) electrons. The standard InChI is InChI=1S/C17H16N4O5/c22-12-8-13(26-7-6-11-4-2-1-3-5-11)21-16(19-10-20-21)15(12)17(25)18-9-14(23)24/h1-5,8,10,22H,6-7,9H2,(H,18,25)(H,23,24). The SMILES string of the molecule is O=C(O)CNC(=O)c1c(O)cc(OCCc2ccccc2)n2ncnc12. The Kier molecular flexibility index (Phi) is 4.97. The Bertz CT molecular complexity index is 939. The second-order valence-electron chi connectivity index (χ2n) is 5.40. The zero-order valence-electron chi connectivity index (χ0n) is 13.6. The van der Waals surface area contributed by atoms with Crippen LogP contribution >= 0.6 is 0 Å². The minimum Gasteiger partial charge on any atom is -0.507 e. The monoisotopic (exact) mass is 356 g/mol. The van der Waals surface area contributed by atoms with Crippen molar-refractivity contribution in [2.45, 2.75) is 6.42 Å². The molecule has 0 saturated heterocycles. The number of fused-ring (bicyclic) bond motifs is 1. The van der Waals surface area contributed by atoms with Crippen LogP contribution in [-0.4, -0.2) is 49.8 Å². The number of carboxylic acid groups (broad SMARTS) is 1. The van der Waals surface area contributed by atoms with E-state index in [-0.39, 0.29) is 22.8 Å². The maximum atomic E-state index is 12.1. The second kappa shape index (κ2) is 7.51. The Labute approximate surface area is 147 Å². The minimum absolute atomic E-state index is 0.0719. The molecule has 26 heavy (non-hydrogen) atoms. The van der Waals surface area contributed by atoms with Gasteiger partial charge in [-0.05, 0) is 5.56 Å². The fourth-order valence-corrected chi connectivity index (χ4v) is 2.42. The topological polar surface area (TPSA) is 126 Å². The van der Waals surface area contributed by atoms with Crippen molar-refractivity contribution in [1.29, 1.82) is 0 Å². The highest BCUT2D eigenvalue weighted by Crippen LogP contribution is 2.27. The van der Waals surface area contributed by atoms with Gasteiger partial charge in [0.05, 0.1) is 6.61 Å². The van der Waals surface area contributed by atoms with Crippen LogP contribution in [0.25, 0.3) is 5.65 Å². The lowest BCUT2D eigenvalue weighted by atomic mass is 10.2. The van der Waals surface area contributed by atoms with E-state index in [1.54, 1.807) is 0 Å². The molecular formula is C17H16N4O5. The summed E-state index contributed by atoms with van der Waals surface area (Å²) in [4.78, 5) is 26.7. The highest BCUT2D eigenvalue weighted by atomic mass is 16.5. The highest BCUT2D eigenvalue weighted by molar-refractivity contribution is 6.03. The van der Waals surface area contributed by atoms with Crippen molar-refractivity contribution in [2.75, 3.05) is 13.2 Å². The van der Waals surface area contributed by atoms with E-state index < -0.39 is 18.4 Å². The molecule has 0 spiro atoms. The van der Waals surface area contributed by atoms with Crippen LogP contribution in [0, 0.1) is 0 Å². The summed E-state index contributed by atoms with van der Waals surface area (Å²) in [5, 5.41) is 25.0. The smallest absolute Gasteiger partial charge is 0.322 e. The van der Waals surface area contributed by atoms with E-state index in [0.29, 0.717) is 13.0 Å². The Balaban J connectivity index is 1.80. The van der Waals surface area contributed by atoms with Gasteiger partial charge in [-0.1, -0.05) is 30.3 Å². The van der Waals surface area contributed by atoms with Crippen molar-refractivity contribution in [3.05, 3.63) is 53.9 Å². The van der Waals surface area contributed by atoms with Gasteiger partial charge in [-0.15, -0.1) is 0 Å². The number of carboxylic acids is 1. The maximum absolute atomic E-state index is 12.1. The highest BCUT2D eigenvalue weighted by Gasteiger charge is 2.21. The number of aliphatic carboxylic acids is 1. The van der Waals surface area contributed by atoms with Crippen molar-refractivity contribution in [1.82, 2.24) is 19.9 Å². The second-order valence-corrected chi connectivity index (χ2v) is 5.40. The van der Waals surface area contributed by atoms with Crippen LogP contribution in [0.5, 0.6) is 11.6 Å². The van der Waals surface area contributed by atoms with E-state index in [0.717, 1.165) is 5.56 Å². The molecular weight excluding hydrogens is 340 g/mol. The molecule has 0 bridgehead atoms. The van der Waals surface area contributed by atoms with Crippen molar-refractivity contribution >= 4 is 17.5 Å². The van der Waals surface area contributed by atoms with Gasteiger partial charge >= 0.3 is 5.97 Å². The lowest BCUT2D eigenvalue weighted by Crippen LogP contribution is -2.29. The molecule has 3 rings (SSSR count). The molecule has 3 N–H and O–H groups in total. The molecule has 0 aliphatic carbocycles. The molecule has 1 aromatic carbocycles. The Morgan fingerprint density at radius 3 is 2.73 bits per heavy atom. The van der Waals surface area contributed by atoms with Crippen molar-refractivity contribution in [3.8, 4) is 11.6 Å². The van der Waals surface area contributed by atoms with Crippen LogP contribution in [0.4, 0.5) is 0 Å². The first-order chi connectivity index (χ1) is 12.6. The molecule has 9 nitrogen and oxygen atoms in total. The summed E-state index contributed by atoms with van der Waals surface area (Å²) in [6, 6.07) is 11.0. The van der Waals surface area contributed by atoms with Crippen molar-refractivity contribution in [3.63, 3.8) is 0 Å². The number of nitrogens with one attached hydrogen (secondary N) is 1. The Hall–Kier alpha value is -3.62. The number of hydrogen-bond acceptors (Lipinski definition) is 6. The molecule has 0 saturated carbocycles. The van der Waals surface area contributed by atoms with E-state index in [4.69, 9.17) is 9.84 Å². The minimum atomic E-state index is -1.20. The number of aromatic hydroxyl groups is 1. The first kappa shape index (κ1) is 17.2. The number of pyridine rings is 1. The predicted octanol–water partition coefficient (Wildman–Crippen LogP) is 0.871. The number of aromatic nitrogens is 3. The fraction of sp³-hybridized carbons (Fsp3) is 0.176. The molecule has 9 heteroatoms. The third-order valence-corrected chi connectivity index (χ3v) is 3.61. The van der Waals surface area contributed by atoms with E-state index in [1.807, 2.05) is 30.3 Å². The van der Waals surface area contributed by atoms with Gasteiger partial charge in [-0.3, -0.25) is 9.59 Å². The number of hydrogen-bond donors (Lipinski definition) is 3. The maximum Gasteiger partial charge on any atom is 0.322 e. The predicted molar refractivity (Wildman–Crippen MR) is 90.3 cm³/mol. The lowest BCUT2D eigenvalue weighted by molar-refractivity contribution is -0.135. The summed E-state index contributed by atoms with van der Waals surface area (Å²) in [7, 11) is 0. The third kappa shape index (κ3) is 3.72. The van der Waals surface area contributed by atoms with Gasteiger partial charge in [0.1, 0.15) is 24.2 Å². The molecule has 0 atom stereocenters. The molecule has 0 aliphatic rings. The van der Waals surface area contributed by atoms with Crippen LogP contribution in [0.1, 0.15) is 15.9 Å². The number of ether oxygens (including phenoxy) is 1. The first-order valence-electron chi connectivity index (χ1n) is 7.78. The largest absolute Gasteiger partial charge is 0.507 e. The molecule has 134 valence electrons. The molecule has 2 aromatic heterocycles. The summed E-state index contributed by atoms with van der Waals surface area (Å²) in [5.74, 6) is -2.11. The van der Waals surface area contributed by atoms with Crippen LogP contribution in [0.15, 0.2) is 42.7 Å². The van der Waals surface area contributed by atoms with E-state index in [2.05, 4.69) is 15.4 Å². The van der Waals surface area contributed by atoms with E-state index in [9.17, 15) is 14.7 Å². The summed E-state index contributed by atoms with van der Waals surface area (Å²) in [6.07, 6.45) is 1.87. The Morgan fingerprint density at radius 2 is 2.00 bits per heavy atom. The van der Waals surface area contributed by atoms with Gasteiger partial charge < -0.3 is 20.3 Å². The molecule has 3 aromatic rings. The number of benzene rings is 1. The lowest BCUT2D eigenvalue weighted by Gasteiger charge is -2.11. The van der Waals surface area contributed by atoms with Gasteiger partial charge in [0.15, 0.2) is 5.65 Å². The van der Waals surface area contributed by atoms with Gasteiger partial charge in [-0.25, -0.2) is 4.98 Å². The van der Waals surface area contributed by atoms with Gasteiger partial charge in [-0.2, -0.15) is 9.61 Å². The zero-order valence-corrected chi connectivity index (χ0v) is 13.6. The summed E-state index contributed by atoms with van der Waals surface area (Å²) >= 11 is 0. The quantitative estimate of drug-likeness (QED) is 0.573.